The van der Waals surface area contributed by atoms with Crippen LogP contribution in [0.5, 0.6) is 0 Å². The van der Waals surface area contributed by atoms with E-state index in [4.69, 9.17) is 11.6 Å². The highest BCUT2D eigenvalue weighted by atomic mass is 35.5. The van der Waals surface area contributed by atoms with E-state index >= 15 is 0 Å². The molecule has 0 saturated carbocycles. The fourth-order valence-corrected chi connectivity index (χ4v) is 4.83. The van der Waals surface area contributed by atoms with Gasteiger partial charge in [0.25, 0.3) is 10.0 Å². The molecule has 0 aliphatic rings. The lowest BCUT2D eigenvalue weighted by atomic mass is 10.1. The van der Waals surface area contributed by atoms with Crippen molar-refractivity contribution >= 4 is 33.2 Å². The zero-order valence-corrected chi connectivity index (χ0v) is 19.8. The minimum Gasteiger partial charge on any atom is -0.355 e. The summed E-state index contributed by atoms with van der Waals surface area (Å²) in [5, 5.41) is 3.27. The molecule has 3 aromatic rings. The molecule has 0 aliphatic heterocycles. The number of hydrogen-bond donors (Lipinski definition) is 1. The van der Waals surface area contributed by atoms with Gasteiger partial charge in [-0.1, -0.05) is 65.7 Å². The molecule has 32 heavy (non-hydrogen) atoms. The van der Waals surface area contributed by atoms with E-state index in [-0.39, 0.29) is 17.3 Å². The molecule has 0 aliphatic carbocycles. The van der Waals surface area contributed by atoms with Crippen LogP contribution in [0.4, 0.5) is 5.69 Å². The largest absolute Gasteiger partial charge is 0.355 e. The Hall–Kier alpha value is -2.83. The van der Waals surface area contributed by atoms with Crippen molar-refractivity contribution in [1.29, 1.82) is 0 Å². The van der Waals surface area contributed by atoms with Gasteiger partial charge in [0.1, 0.15) is 6.54 Å². The van der Waals surface area contributed by atoms with Gasteiger partial charge in [0, 0.05) is 11.6 Å². The molecule has 7 heteroatoms. The van der Waals surface area contributed by atoms with Gasteiger partial charge >= 0.3 is 0 Å². The highest BCUT2D eigenvalue weighted by Crippen LogP contribution is 2.28. The SMILES string of the molecule is Cc1ccc(S(=O)(=O)N(CC(=O)NCCCc2ccccc2)c2ccc(C)c(Cl)c2)cc1. The van der Waals surface area contributed by atoms with Gasteiger partial charge in [-0.25, -0.2) is 8.42 Å². The van der Waals surface area contributed by atoms with E-state index in [1.807, 2.05) is 44.2 Å². The number of anilines is 1. The topological polar surface area (TPSA) is 66.5 Å². The molecule has 3 aromatic carbocycles. The summed E-state index contributed by atoms with van der Waals surface area (Å²) in [5.74, 6) is -0.370. The summed E-state index contributed by atoms with van der Waals surface area (Å²) >= 11 is 6.25. The number of aryl methyl sites for hydroxylation is 3. The maximum absolute atomic E-state index is 13.4. The second-order valence-corrected chi connectivity index (χ2v) is 9.97. The van der Waals surface area contributed by atoms with Crippen molar-refractivity contribution in [3.8, 4) is 0 Å². The van der Waals surface area contributed by atoms with Crippen molar-refractivity contribution < 1.29 is 13.2 Å². The van der Waals surface area contributed by atoms with Crippen molar-refractivity contribution in [2.24, 2.45) is 0 Å². The second-order valence-electron chi connectivity index (χ2n) is 7.70. The van der Waals surface area contributed by atoms with E-state index in [9.17, 15) is 13.2 Å². The number of sulfonamides is 1. The molecule has 5 nitrogen and oxygen atoms in total. The highest BCUT2D eigenvalue weighted by molar-refractivity contribution is 7.92. The van der Waals surface area contributed by atoms with Crippen molar-refractivity contribution in [3.63, 3.8) is 0 Å². The summed E-state index contributed by atoms with van der Waals surface area (Å²) in [7, 11) is -3.96. The molecule has 0 bridgehead atoms. The van der Waals surface area contributed by atoms with Crippen LogP contribution in [0.2, 0.25) is 5.02 Å². The Kier molecular flexibility index (Phi) is 7.94. The van der Waals surface area contributed by atoms with Crippen LogP contribution in [0.1, 0.15) is 23.1 Å². The number of benzene rings is 3. The molecule has 0 aromatic heterocycles. The van der Waals surface area contributed by atoms with Crippen molar-refractivity contribution in [2.45, 2.75) is 31.6 Å². The molecule has 0 fully saturated rings. The first-order valence-corrected chi connectivity index (χ1v) is 12.3. The van der Waals surface area contributed by atoms with E-state index in [2.05, 4.69) is 5.32 Å². The number of carbonyl (C=O) groups is 1. The van der Waals surface area contributed by atoms with Crippen LogP contribution in [0.15, 0.2) is 77.7 Å². The Morgan fingerprint density at radius 1 is 0.969 bits per heavy atom. The lowest BCUT2D eigenvalue weighted by Gasteiger charge is -2.24. The third kappa shape index (κ3) is 6.11. The monoisotopic (exact) mass is 470 g/mol. The first kappa shape index (κ1) is 23.8. The minimum atomic E-state index is -3.96. The first-order valence-electron chi connectivity index (χ1n) is 10.4. The Balaban J connectivity index is 1.75. The van der Waals surface area contributed by atoms with Crippen LogP contribution in [-0.4, -0.2) is 27.4 Å². The first-order chi connectivity index (χ1) is 15.3. The normalized spacial score (nSPS) is 11.2. The summed E-state index contributed by atoms with van der Waals surface area (Å²) in [5.41, 5.74) is 3.32. The maximum Gasteiger partial charge on any atom is 0.264 e. The van der Waals surface area contributed by atoms with Crippen LogP contribution in [-0.2, 0) is 21.2 Å². The molecule has 1 N–H and O–H groups in total. The Bertz CT molecular complexity index is 1160. The van der Waals surface area contributed by atoms with E-state index in [0.717, 1.165) is 28.3 Å². The molecule has 0 spiro atoms. The number of hydrogen-bond acceptors (Lipinski definition) is 3. The second kappa shape index (κ2) is 10.7. The summed E-state index contributed by atoms with van der Waals surface area (Å²) in [4.78, 5) is 12.8. The molecule has 0 radical (unpaired) electrons. The van der Waals surface area contributed by atoms with Crippen LogP contribution in [0.3, 0.4) is 0 Å². The maximum atomic E-state index is 13.4. The van der Waals surface area contributed by atoms with Crippen LogP contribution < -0.4 is 9.62 Å². The summed E-state index contributed by atoms with van der Waals surface area (Å²) in [6.07, 6.45) is 1.59. The zero-order chi connectivity index (χ0) is 23.1. The molecule has 168 valence electrons. The van der Waals surface area contributed by atoms with E-state index in [0.29, 0.717) is 17.3 Å². The van der Waals surface area contributed by atoms with Crippen LogP contribution in [0, 0.1) is 13.8 Å². The Labute approximate surface area is 195 Å². The Morgan fingerprint density at radius 3 is 2.31 bits per heavy atom. The third-order valence-corrected chi connectivity index (χ3v) is 7.34. The molecule has 0 unspecified atom stereocenters. The van der Waals surface area contributed by atoms with Crippen molar-refractivity contribution in [2.75, 3.05) is 17.4 Å². The predicted octanol–water partition coefficient (Wildman–Crippen LogP) is 4.90. The van der Waals surface area contributed by atoms with Gasteiger partial charge in [-0.15, -0.1) is 0 Å². The molecule has 0 atom stereocenters. The number of amides is 1. The standard InChI is InChI=1S/C25H27ClN2O3S/c1-19-10-14-23(15-11-19)32(30,31)28(22-13-12-20(2)24(26)17-22)18-25(29)27-16-6-9-21-7-4-3-5-8-21/h3-5,7-8,10-15,17H,6,9,16,18H2,1-2H3,(H,27,29). The van der Waals surface area contributed by atoms with Gasteiger partial charge < -0.3 is 5.32 Å². The van der Waals surface area contributed by atoms with Gasteiger partial charge in [-0.3, -0.25) is 9.10 Å². The molecule has 0 saturated heterocycles. The zero-order valence-electron chi connectivity index (χ0n) is 18.2. The average molecular weight is 471 g/mol. The number of halogens is 1. The van der Waals surface area contributed by atoms with Crippen molar-refractivity contribution in [3.05, 3.63) is 94.5 Å². The molecule has 0 heterocycles. The van der Waals surface area contributed by atoms with Crippen LogP contribution in [0.25, 0.3) is 0 Å². The molecular weight excluding hydrogens is 444 g/mol. The van der Waals surface area contributed by atoms with E-state index < -0.39 is 10.0 Å². The number of nitrogens with zero attached hydrogens (tertiary/aromatic N) is 1. The minimum absolute atomic E-state index is 0.122. The quantitative estimate of drug-likeness (QED) is 0.452. The predicted molar refractivity (Wildman–Crippen MR) is 130 cm³/mol. The van der Waals surface area contributed by atoms with Gasteiger partial charge in [0.2, 0.25) is 5.91 Å². The number of rotatable bonds is 9. The highest BCUT2D eigenvalue weighted by Gasteiger charge is 2.27. The fourth-order valence-electron chi connectivity index (χ4n) is 3.24. The number of nitrogens with one attached hydrogen (secondary N) is 1. The summed E-state index contributed by atoms with van der Waals surface area (Å²) < 4.78 is 27.9. The third-order valence-electron chi connectivity index (χ3n) is 5.15. The summed E-state index contributed by atoms with van der Waals surface area (Å²) in [6.45, 7) is 3.85. The fraction of sp³-hybridized carbons (Fsp3) is 0.240. The van der Waals surface area contributed by atoms with E-state index in [1.54, 1.807) is 42.5 Å². The average Bonchev–Trinajstić information content (AvgIpc) is 2.78. The van der Waals surface area contributed by atoms with E-state index in [1.165, 1.54) is 5.56 Å². The number of carbonyl (C=O) groups excluding carboxylic acids is 1. The molecular formula is C25H27ClN2O3S. The van der Waals surface area contributed by atoms with Gasteiger partial charge in [0.15, 0.2) is 0 Å². The lowest BCUT2D eigenvalue weighted by Crippen LogP contribution is -2.41. The van der Waals surface area contributed by atoms with Crippen molar-refractivity contribution in [1.82, 2.24) is 5.32 Å². The lowest BCUT2D eigenvalue weighted by molar-refractivity contribution is -0.119. The smallest absolute Gasteiger partial charge is 0.264 e. The molecule has 3 rings (SSSR count). The summed E-state index contributed by atoms with van der Waals surface area (Å²) in [6, 6.07) is 21.5. The van der Waals surface area contributed by atoms with Crippen LogP contribution >= 0.6 is 11.6 Å². The van der Waals surface area contributed by atoms with Gasteiger partial charge in [0.05, 0.1) is 10.6 Å². The van der Waals surface area contributed by atoms with Gasteiger partial charge in [-0.2, -0.15) is 0 Å². The molecule has 1 amide bonds. The van der Waals surface area contributed by atoms with Gasteiger partial charge in [-0.05, 0) is 62.1 Å². The Morgan fingerprint density at radius 2 is 1.66 bits per heavy atom.